The molecule has 0 radical (unpaired) electrons. The van der Waals surface area contributed by atoms with Crippen LogP contribution in [0.15, 0.2) is 286 Å². The Bertz CT molecular complexity index is 4410. The number of benzene rings is 11. The summed E-state index contributed by atoms with van der Waals surface area (Å²) in [4.78, 5) is 2.24. The average molecular weight is 1090 g/mol. The van der Waals surface area contributed by atoms with Crippen molar-refractivity contribution in [3.05, 3.63) is 359 Å². The van der Waals surface area contributed by atoms with Crippen molar-refractivity contribution in [2.75, 3.05) is 4.90 Å². The van der Waals surface area contributed by atoms with E-state index in [1.54, 1.807) is 48.6 Å². The van der Waals surface area contributed by atoms with Gasteiger partial charge >= 0.3 is 0 Å². The van der Waals surface area contributed by atoms with Crippen molar-refractivity contribution in [3.63, 3.8) is 0 Å². The van der Waals surface area contributed by atoms with Crippen LogP contribution in [0.2, 0.25) is 0 Å². The van der Waals surface area contributed by atoms with Crippen molar-refractivity contribution in [3.8, 4) is 45.3 Å². The van der Waals surface area contributed by atoms with Gasteiger partial charge in [-0.2, -0.15) is 0 Å². The van der Waals surface area contributed by atoms with E-state index < -0.39 is 10.8 Å². The molecule has 3 nitrogen and oxygen atoms in total. The number of hydrogen-bond donors (Lipinski definition) is 0. The predicted octanol–water partition coefficient (Wildman–Crippen LogP) is 20.9. The minimum Gasteiger partial charge on any atom is -0.457 e. The lowest BCUT2D eigenvalue weighted by molar-refractivity contribution is 0.481. The molecule has 0 N–H and O–H groups in total. The third-order valence-electron chi connectivity index (χ3n) is 17.0. The molecule has 0 amide bonds. The second kappa shape index (κ2) is 21.2. The molecule has 0 saturated carbocycles. The van der Waals surface area contributed by atoms with E-state index in [1.807, 2.05) is 109 Å². The molecule has 404 valence electrons. The Balaban J connectivity index is 0.973. The first-order chi connectivity index (χ1) is 41.2. The summed E-state index contributed by atoms with van der Waals surface area (Å²) < 4.78 is 61.6. The highest BCUT2D eigenvalue weighted by molar-refractivity contribution is 5.94. The highest BCUT2D eigenvalue weighted by atomic mass is 19.1. The van der Waals surface area contributed by atoms with E-state index in [9.17, 15) is 4.39 Å². The maximum absolute atomic E-state index is 17.3. The van der Waals surface area contributed by atoms with Crippen LogP contribution in [0.3, 0.4) is 0 Å². The lowest BCUT2D eigenvalue weighted by atomic mass is 9.65. The fourth-order valence-electron chi connectivity index (χ4n) is 13.2. The lowest BCUT2D eigenvalue weighted by Gasteiger charge is -2.37. The third-order valence-corrected chi connectivity index (χ3v) is 17.0. The number of allylic oxidation sites excluding steroid dienone is 4. The van der Waals surface area contributed by atoms with Crippen LogP contribution in [0.25, 0.3) is 40.0 Å². The van der Waals surface area contributed by atoms with Crippen LogP contribution < -0.4 is 14.4 Å². The van der Waals surface area contributed by atoms with Gasteiger partial charge in [-0.3, -0.25) is 0 Å². The number of fused-ring (bicyclic) bond motifs is 5. The Labute approximate surface area is 487 Å². The van der Waals surface area contributed by atoms with Crippen LogP contribution >= 0.6 is 0 Å². The van der Waals surface area contributed by atoms with Crippen LogP contribution in [0, 0.1) is 17.5 Å². The lowest BCUT2D eigenvalue weighted by Crippen LogP contribution is -2.31. The number of hydrogen-bond acceptors (Lipinski definition) is 3. The molecule has 11 aromatic carbocycles. The van der Waals surface area contributed by atoms with Gasteiger partial charge in [0.2, 0.25) is 0 Å². The Morgan fingerprint density at radius 2 is 0.821 bits per heavy atom. The van der Waals surface area contributed by atoms with Crippen molar-refractivity contribution < 1.29 is 22.6 Å². The molecule has 0 saturated heterocycles. The Morgan fingerprint density at radius 3 is 1.36 bits per heavy atom. The zero-order chi connectivity index (χ0) is 56.9. The fourth-order valence-corrected chi connectivity index (χ4v) is 13.2. The van der Waals surface area contributed by atoms with Crippen LogP contribution in [0.4, 0.5) is 30.2 Å². The van der Waals surface area contributed by atoms with Gasteiger partial charge in [-0.05, 0) is 200 Å². The highest BCUT2D eigenvalue weighted by Gasteiger charge is 2.50. The molecule has 11 aromatic rings. The molecule has 0 aromatic heterocycles. The number of anilines is 3. The van der Waals surface area contributed by atoms with E-state index in [-0.39, 0.29) is 17.5 Å². The van der Waals surface area contributed by atoms with E-state index in [1.165, 1.54) is 12.1 Å². The summed E-state index contributed by atoms with van der Waals surface area (Å²) in [5.41, 5.74) is 14.9. The number of ether oxygens (including phenoxy) is 2. The van der Waals surface area contributed by atoms with Crippen LogP contribution in [-0.2, 0) is 10.8 Å². The normalized spacial score (nSPS) is 16.3. The second-order valence-corrected chi connectivity index (χ2v) is 21.5. The van der Waals surface area contributed by atoms with E-state index in [4.69, 9.17) is 9.47 Å². The zero-order valence-electron chi connectivity index (χ0n) is 45.8. The number of rotatable bonds is 14. The minimum absolute atomic E-state index is 0.306. The summed E-state index contributed by atoms with van der Waals surface area (Å²) in [7, 11) is 0. The summed E-state index contributed by atoms with van der Waals surface area (Å²) >= 11 is 0. The standard InChI is InChI=1S/C78H54F3NO2/c1-3-51-21-39-61(40-22-51)83-63-43-29-55(30-44-63)77(71-17-9-11-19-75(71)80)69-15-7-5-13-65(69)67-47-37-59(49-73(67)77)82(58-35-27-54(28-36-58)53-25-33-57(79)34-26-53)60-38-48-68-66-14-6-8-16-70(66)78(74(68)50-60,72-18-10-12-20-76(72)81)56-31-45-64(46-32-56)84-62-41-23-52(4-2)24-42-62/h3-7,9-15,17-50H,1-2,8,16H2. The van der Waals surface area contributed by atoms with Gasteiger partial charge in [0.25, 0.3) is 0 Å². The molecule has 0 spiro atoms. The molecule has 0 fully saturated rings. The van der Waals surface area contributed by atoms with Crippen molar-refractivity contribution in [2.24, 2.45) is 0 Å². The Hall–Kier alpha value is -10.4. The second-order valence-electron chi connectivity index (χ2n) is 21.5. The molecule has 2 unspecified atom stereocenters. The molecule has 0 aliphatic heterocycles. The molecule has 0 heterocycles. The van der Waals surface area contributed by atoms with E-state index in [2.05, 4.69) is 127 Å². The monoisotopic (exact) mass is 1090 g/mol. The highest BCUT2D eigenvalue weighted by Crippen LogP contribution is 2.61. The maximum Gasteiger partial charge on any atom is 0.127 e. The average Bonchev–Trinajstić information content (AvgIpc) is 1.68. The quantitative estimate of drug-likeness (QED) is 0.108. The number of halogens is 3. The van der Waals surface area contributed by atoms with E-state index >= 15 is 8.78 Å². The first-order valence-electron chi connectivity index (χ1n) is 28.2. The van der Waals surface area contributed by atoms with Gasteiger partial charge in [-0.25, -0.2) is 13.2 Å². The first kappa shape index (κ1) is 51.7. The van der Waals surface area contributed by atoms with Crippen LogP contribution in [0.5, 0.6) is 23.0 Å². The molecular weight excluding hydrogens is 1040 g/mol. The minimum atomic E-state index is -1.13. The van der Waals surface area contributed by atoms with Crippen LogP contribution in [0.1, 0.15) is 68.5 Å². The van der Waals surface area contributed by atoms with Crippen LogP contribution in [-0.4, -0.2) is 0 Å². The summed E-state index contributed by atoms with van der Waals surface area (Å²) in [6, 6.07) is 82.1. The predicted molar refractivity (Wildman–Crippen MR) is 335 cm³/mol. The SMILES string of the molecule is C=Cc1ccc(Oc2ccc(C3(c4ccccc4F)C4=C(C=CCC4)c4ccc(N(c5ccc(-c6ccc(F)cc6)cc5)c5ccc6c(c5)C(c5ccc(Oc7ccc(C=C)cc7)cc5)(c5ccccc5F)c5ccccc5-6)cc43)cc2)cc1. The van der Waals surface area contributed by atoms with Gasteiger partial charge in [0.05, 0.1) is 10.8 Å². The number of nitrogens with zero attached hydrogens (tertiary/aromatic N) is 1. The van der Waals surface area contributed by atoms with Crippen molar-refractivity contribution in [1.82, 2.24) is 0 Å². The van der Waals surface area contributed by atoms with Crippen molar-refractivity contribution in [2.45, 2.75) is 23.7 Å². The molecule has 2 atom stereocenters. The molecule has 6 heteroatoms. The Kier molecular flexibility index (Phi) is 13.0. The van der Waals surface area contributed by atoms with Crippen molar-refractivity contribution >= 4 is 34.8 Å². The molecule has 3 aliphatic carbocycles. The maximum atomic E-state index is 17.3. The van der Waals surface area contributed by atoms with Gasteiger partial charge in [0, 0.05) is 28.2 Å². The van der Waals surface area contributed by atoms with Gasteiger partial charge in [-0.1, -0.05) is 183 Å². The van der Waals surface area contributed by atoms with Crippen molar-refractivity contribution in [1.29, 1.82) is 0 Å². The summed E-state index contributed by atoms with van der Waals surface area (Å²) in [6.07, 6.45) is 9.52. The molecule has 0 bridgehead atoms. The van der Waals surface area contributed by atoms with E-state index in [0.29, 0.717) is 40.5 Å². The molecule has 3 aliphatic rings. The zero-order valence-corrected chi connectivity index (χ0v) is 45.8. The van der Waals surface area contributed by atoms with Gasteiger partial charge in [0.1, 0.15) is 40.4 Å². The fraction of sp³-hybridized carbons (Fsp3) is 0.0513. The smallest absolute Gasteiger partial charge is 0.127 e. The van der Waals surface area contributed by atoms with E-state index in [0.717, 1.165) is 101 Å². The first-order valence-corrected chi connectivity index (χ1v) is 28.2. The van der Waals surface area contributed by atoms with Gasteiger partial charge in [0.15, 0.2) is 0 Å². The molecule has 14 rings (SSSR count). The summed E-state index contributed by atoms with van der Waals surface area (Å²) in [5, 5.41) is 0. The molecule has 84 heavy (non-hydrogen) atoms. The Morgan fingerprint density at radius 1 is 0.393 bits per heavy atom. The summed E-state index contributed by atoms with van der Waals surface area (Å²) in [6.45, 7) is 7.79. The van der Waals surface area contributed by atoms with Gasteiger partial charge < -0.3 is 14.4 Å². The van der Waals surface area contributed by atoms with Gasteiger partial charge in [-0.15, -0.1) is 0 Å². The summed E-state index contributed by atoms with van der Waals surface area (Å²) in [5.74, 6) is 1.71. The topological polar surface area (TPSA) is 21.7 Å². The molecular formula is C78H54F3NO2. The third kappa shape index (κ3) is 8.60. The largest absolute Gasteiger partial charge is 0.457 e.